The van der Waals surface area contributed by atoms with Crippen molar-refractivity contribution in [2.45, 2.75) is 31.8 Å². The lowest BCUT2D eigenvalue weighted by Gasteiger charge is -2.37. The van der Waals surface area contributed by atoms with Gasteiger partial charge in [-0.25, -0.2) is 0 Å². The van der Waals surface area contributed by atoms with Crippen molar-refractivity contribution >= 4 is 30.7 Å². The molecule has 5 rings (SSSR count). The van der Waals surface area contributed by atoms with Gasteiger partial charge in [0.25, 0.3) is 11.5 Å². The summed E-state index contributed by atoms with van der Waals surface area (Å²) in [6, 6.07) is 7.85. The Morgan fingerprint density at radius 3 is 2.66 bits per heavy atom. The smallest absolute Gasteiger partial charge is 0.263 e. The van der Waals surface area contributed by atoms with Gasteiger partial charge in [0.1, 0.15) is 5.56 Å². The van der Waals surface area contributed by atoms with Crippen LogP contribution in [0.5, 0.6) is 0 Å². The van der Waals surface area contributed by atoms with Crippen LogP contribution in [0.15, 0.2) is 41.5 Å². The van der Waals surface area contributed by atoms with E-state index < -0.39 is 0 Å². The predicted molar refractivity (Wildman–Crippen MR) is 129 cm³/mol. The number of carbonyl (C=O) groups is 1. The first-order valence-electron chi connectivity index (χ1n) is 11.0. The van der Waals surface area contributed by atoms with Crippen LogP contribution >= 0.6 is 24.8 Å². The number of piperidine rings is 1. The van der Waals surface area contributed by atoms with Gasteiger partial charge < -0.3 is 14.8 Å². The van der Waals surface area contributed by atoms with Crippen LogP contribution in [0.4, 0.5) is 0 Å². The standard InChI is InChI=1S/C23H29N5O2.2ClH/c29-22(27-9-1-8-26(10-11-27)15-17-4-6-24-7-5-17)20-2-3-21-19-12-18(13-25-14-19)16-28(21)23(20)30;;/h2-7,18-19,25H,1,8-16H2;2*1H/t18-,19+;;/m0../s1. The number of fused-ring (bicyclic) bond motifs is 4. The SMILES string of the molecule is Cl.Cl.O=C(c1ccc2n(c1=O)C[C@@H]1CNC[C@H]2C1)N1CCCN(Cc2ccncc2)CC1. The Labute approximate surface area is 201 Å². The van der Waals surface area contributed by atoms with Crippen molar-refractivity contribution in [2.75, 3.05) is 39.3 Å². The van der Waals surface area contributed by atoms with Crippen LogP contribution in [0.1, 0.15) is 40.4 Å². The summed E-state index contributed by atoms with van der Waals surface area (Å²) in [4.78, 5) is 34.8. The summed E-state index contributed by atoms with van der Waals surface area (Å²) in [7, 11) is 0. The number of nitrogens with one attached hydrogen (secondary N) is 1. The molecular formula is C23H31Cl2N5O2. The van der Waals surface area contributed by atoms with E-state index in [1.54, 1.807) is 6.07 Å². The number of amides is 1. The maximum Gasteiger partial charge on any atom is 0.263 e. The molecule has 7 nitrogen and oxygen atoms in total. The van der Waals surface area contributed by atoms with E-state index in [0.717, 1.165) is 57.8 Å². The van der Waals surface area contributed by atoms with Crippen molar-refractivity contribution in [2.24, 2.45) is 5.92 Å². The Morgan fingerprint density at radius 2 is 1.84 bits per heavy atom. The van der Waals surface area contributed by atoms with Gasteiger partial charge in [-0.05, 0) is 55.1 Å². The second-order valence-electron chi connectivity index (χ2n) is 8.82. The largest absolute Gasteiger partial charge is 0.337 e. The van der Waals surface area contributed by atoms with Crippen molar-refractivity contribution in [3.05, 3.63) is 63.8 Å². The van der Waals surface area contributed by atoms with Gasteiger partial charge in [-0.3, -0.25) is 19.5 Å². The lowest BCUT2D eigenvalue weighted by atomic mass is 9.84. The number of nitrogens with zero attached hydrogens (tertiary/aromatic N) is 4. The summed E-state index contributed by atoms with van der Waals surface area (Å²) in [5.74, 6) is 0.753. The third kappa shape index (κ3) is 5.01. The topological polar surface area (TPSA) is 70.5 Å². The molecule has 174 valence electrons. The van der Waals surface area contributed by atoms with Gasteiger partial charge in [0.15, 0.2) is 0 Å². The van der Waals surface area contributed by atoms with Crippen LogP contribution in [0.3, 0.4) is 0 Å². The molecule has 9 heteroatoms. The molecule has 0 aliphatic carbocycles. The second-order valence-corrected chi connectivity index (χ2v) is 8.82. The fourth-order valence-corrected chi connectivity index (χ4v) is 5.20. The van der Waals surface area contributed by atoms with Crippen molar-refractivity contribution in [3.63, 3.8) is 0 Å². The number of pyridine rings is 2. The average molecular weight is 480 g/mol. The Hall–Kier alpha value is -1.93. The number of hydrogen-bond donors (Lipinski definition) is 1. The molecule has 0 radical (unpaired) electrons. The molecule has 0 saturated carbocycles. The summed E-state index contributed by atoms with van der Waals surface area (Å²) in [5, 5.41) is 3.47. The molecule has 2 atom stereocenters. The summed E-state index contributed by atoms with van der Waals surface area (Å²) in [6.45, 7) is 6.58. The van der Waals surface area contributed by atoms with Crippen molar-refractivity contribution in [3.8, 4) is 0 Å². The monoisotopic (exact) mass is 479 g/mol. The summed E-state index contributed by atoms with van der Waals surface area (Å²) in [6.07, 6.45) is 5.69. The molecule has 1 amide bonds. The molecule has 3 aliphatic rings. The van der Waals surface area contributed by atoms with E-state index in [9.17, 15) is 9.59 Å². The number of carbonyl (C=O) groups excluding carboxylic acids is 1. The zero-order valence-corrected chi connectivity index (χ0v) is 19.7. The third-order valence-electron chi connectivity index (χ3n) is 6.77. The molecule has 0 spiro atoms. The minimum absolute atomic E-state index is 0. The van der Waals surface area contributed by atoms with Gasteiger partial charge >= 0.3 is 0 Å². The minimum atomic E-state index is -0.116. The first-order chi connectivity index (χ1) is 14.7. The molecule has 1 N–H and O–H groups in total. The Balaban J connectivity index is 0.00000144. The fourth-order valence-electron chi connectivity index (χ4n) is 5.20. The molecule has 2 aromatic rings. The zero-order valence-electron chi connectivity index (χ0n) is 18.1. The van der Waals surface area contributed by atoms with Crippen LogP contribution in [0, 0.1) is 5.92 Å². The van der Waals surface area contributed by atoms with Crippen molar-refractivity contribution in [1.29, 1.82) is 0 Å². The molecule has 3 aliphatic heterocycles. The molecule has 2 aromatic heterocycles. The Kier molecular flexibility index (Phi) is 8.33. The Bertz CT molecular complexity index is 984. The summed E-state index contributed by atoms with van der Waals surface area (Å²) >= 11 is 0. The molecule has 32 heavy (non-hydrogen) atoms. The van der Waals surface area contributed by atoms with Crippen molar-refractivity contribution in [1.82, 2.24) is 24.7 Å². The van der Waals surface area contributed by atoms with E-state index in [1.807, 2.05) is 40.1 Å². The normalized spacial score (nSPS) is 22.7. The van der Waals surface area contributed by atoms with Crippen LogP contribution in [0.25, 0.3) is 0 Å². The summed E-state index contributed by atoms with van der Waals surface area (Å²) < 4.78 is 1.88. The maximum absolute atomic E-state index is 13.2. The first-order valence-corrected chi connectivity index (χ1v) is 11.0. The highest BCUT2D eigenvalue weighted by molar-refractivity contribution is 5.94. The molecule has 0 aromatic carbocycles. The number of halogens is 2. The Morgan fingerprint density at radius 1 is 1.03 bits per heavy atom. The third-order valence-corrected chi connectivity index (χ3v) is 6.77. The highest BCUT2D eigenvalue weighted by Gasteiger charge is 2.32. The van der Waals surface area contributed by atoms with E-state index in [1.165, 1.54) is 5.56 Å². The molecule has 0 unspecified atom stereocenters. The molecular weight excluding hydrogens is 449 g/mol. The predicted octanol–water partition coefficient (Wildman–Crippen LogP) is 2.14. The van der Waals surface area contributed by atoms with Gasteiger partial charge in [-0.1, -0.05) is 0 Å². The second kappa shape index (κ2) is 10.8. The van der Waals surface area contributed by atoms with Crippen LogP contribution < -0.4 is 10.9 Å². The average Bonchev–Trinajstić information content (AvgIpc) is 3.01. The van der Waals surface area contributed by atoms with Gasteiger partial charge in [0.05, 0.1) is 0 Å². The quantitative estimate of drug-likeness (QED) is 0.729. The first kappa shape index (κ1) is 24.7. The molecule has 2 bridgehead atoms. The highest BCUT2D eigenvalue weighted by atomic mass is 35.5. The molecule has 2 fully saturated rings. The summed E-state index contributed by atoms with van der Waals surface area (Å²) in [5.41, 5.74) is 2.54. The number of rotatable bonds is 3. The highest BCUT2D eigenvalue weighted by Crippen LogP contribution is 2.31. The lowest BCUT2D eigenvalue weighted by molar-refractivity contribution is 0.0758. The maximum atomic E-state index is 13.2. The lowest BCUT2D eigenvalue weighted by Crippen LogP contribution is -2.46. The minimum Gasteiger partial charge on any atom is -0.337 e. The van der Waals surface area contributed by atoms with Gasteiger partial charge in [-0.2, -0.15) is 0 Å². The zero-order chi connectivity index (χ0) is 20.5. The molecule has 5 heterocycles. The number of hydrogen-bond acceptors (Lipinski definition) is 5. The van der Waals surface area contributed by atoms with E-state index in [4.69, 9.17) is 0 Å². The van der Waals surface area contributed by atoms with E-state index >= 15 is 0 Å². The van der Waals surface area contributed by atoms with Gasteiger partial charge in [0, 0.05) is 69.8 Å². The van der Waals surface area contributed by atoms with Crippen LogP contribution in [-0.4, -0.2) is 64.5 Å². The van der Waals surface area contributed by atoms with Crippen molar-refractivity contribution < 1.29 is 4.79 Å². The van der Waals surface area contributed by atoms with E-state index in [2.05, 4.69) is 15.2 Å². The van der Waals surface area contributed by atoms with Crippen LogP contribution in [0.2, 0.25) is 0 Å². The fraction of sp³-hybridized carbons (Fsp3) is 0.522. The van der Waals surface area contributed by atoms with E-state index in [-0.39, 0.29) is 36.3 Å². The van der Waals surface area contributed by atoms with Gasteiger partial charge in [-0.15, -0.1) is 24.8 Å². The molecule has 2 saturated heterocycles. The number of aromatic nitrogens is 2. The van der Waals surface area contributed by atoms with Crippen LogP contribution in [-0.2, 0) is 13.1 Å². The van der Waals surface area contributed by atoms with Gasteiger partial charge in [0.2, 0.25) is 0 Å². The van der Waals surface area contributed by atoms with E-state index in [0.29, 0.717) is 30.5 Å².